The highest BCUT2D eigenvalue weighted by Gasteiger charge is 2.69. The summed E-state index contributed by atoms with van der Waals surface area (Å²) in [6, 6.07) is 0. The topological polar surface area (TPSA) is 29.5 Å². The van der Waals surface area contributed by atoms with Crippen LogP contribution in [0.2, 0.25) is 0 Å². The van der Waals surface area contributed by atoms with Gasteiger partial charge in [0, 0.05) is 12.0 Å². The first kappa shape index (κ1) is 14.0. The van der Waals surface area contributed by atoms with E-state index in [-0.39, 0.29) is 11.0 Å². The second kappa shape index (κ2) is 4.39. The zero-order chi connectivity index (χ0) is 15.0. The van der Waals surface area contributed by atoms with Crippen molar-refractivity contribution in [1.29, 1.82) is 0 Å². The van der Waals surface area contributed by atoms with E-state index in [1.54, 1.807) is 5.57 Å². The molecule has 2 nitrogen and oxygen atoms in total. The zero-order valence-electron chi connectivity index (χ0n) is 13.9. The van der Waals surface area contributed by atoms with E-state index in [4.69, 9.17) is 4.74 Å². The van der Waals surface area contributed by atoms with Gasteiger partial charge in [-0.3, -0.25) is 0 Å². The summed E-state index contributed by atoms with van der Waals surface area (Å²) in [5.74, 6) is 2.14. The number of fused-ring (bicyclic) bond motifs is 1. The first-order valence-electron chi connectivity index (χ1n) is 9.62. The first-order valence-corrected chi connectivity index (χ1v) is 9.62. The predicted molar refractivity (Wildman–Crippen MR) is 86.4 cm³/mol. The minimum absolute atomic E-state index is 0.0603. The normalized spacial score (nSPS) is 56.1. The number of rotatable bonds is 1. The van der Waals surface area contributed by atoms with Crippen molar-refractivity contribution in [1.82, 2.24) is 0 Å². The van der Waals surface area contributed by atoms with Crippen LogP contribution in [0.25, 0.3) is 0 Å². The van der Waals surface area contributed by atoms with Gasteiger partial charge in [-0.05, 0) is 73.7 Å². The monoisotopic (exact) mass is 302 g/mol. The zero-order valence-corrected chi connectivity index (χ0v) is 13.9. The molecular weight excluding hydrogens is 272 g/mol. The van der Waals surface area contributed by atoms with Gasteiger partial charge >= 0.3 is 0 Å². The van der Waals surface area contributed by atoms with Gasteiger partial charge in [-0.1, -0.05) is 25.8 Å². The molecule has 1 N–H and O–H groups in total. The second-order valence-corrected chi connectivity index (χ2v) is 9.13. The third-order valence-electron chi connectivity index (χ3n) is 8.73. The van der Waals surface area contributed by atoms with Crippen molar-refractivity contribution in [2.75, 3.05) is 13.2 Å². The SMILES string of the molecule is C[C@]12CC[C@@H]3[C@@]45CCCC[C@@H]4CC[C@@]3(OC5)C1=CC[C@@H]2CO. The van der Waals surface area contributed by atoms with Crippen molar-refractivity contribution in [2.24, 2.45) is 28.6 Å². The van der Waals surface area contributed by atoms with E-state index in [1.807, 2.05) is 0 Å². The molecule has 3 saturated carbocycles. The average Bonchev–Trinajstić information content (AvgIpc) is 2.98. The van der Waals surface area contributed by atoms with Gasteiger partial charge in [0.25, 0.3) is 0 Å². The molecule has 6 atom stereocenters. The average molecular weight is 302 g/mol. The maximum absolute atomic E-state index is 9.85. The second-order valence-electron chi connectivity index (χ2n) is 9.13. The molecule has 4 aliphatic carbocycles. The maximum atomic E-state index is 9.85. The van der Waals surface area contributed by atoms with Gasteiger partial charge in [-0.2, -0.15) is 0 Å². The van der Waals surface area contributed by atoms with E-state index in [0.29, 0.717) is 17.9 Å². The van der Waals surface area contributed by atoms with Crippen molar-refractivity contribution < 1.29 is 9.84 Å². The fourth-order valence-electron chi connectivity index (χ4n) is 7.59. The molecule has 122 valence electrons. The molecule has 1 heterocycles. The Labute approximate surface area is 134 Å². The van der Waals surface area contributed by atoms with Crippen LogP contribution in [0.4, 0.5) is 0 Å². The third-order valence-corrected chi connectivity index (χ3v) is 8.73. The molecule has 0 radical (unpaired) electrons. The Balaban J connectivity index is 1.59. The fraction of sp³-hybridized carbons (Fsp3) is 0.900. The molecule has 2 heteroatoms. The lowest BCUT2D eigenvalue weighted by atomic mass is 9.45. The molecule has 0 aromatic carbocycles. The Hall–Kier alpha value is -0.340. The Morgan fingerprint density at radius 2 is 2.09 bits per heavy atom. The molecule has 0 unspecified atom stereocenters. The Kier molecular flexibility index (Phi) is 2.80. The van der Waals surface area contributed by atoms with Crippen LogP contribution in [-0.4, -0.2) is 23.9 Å². The summed E-state index contributed by atoms with van der Waals surface area (Å²) in [5, 5.41) is 9.85. The summed E-state index contributed by atoms with van der Waals surface area (Å²) in [6.07, 6.45) is 14.5. The lowest BCUT2D eigenvalue weighted by Crippen LogP contribution is -2.56. The van der Waals surface area contributed by atoms with Gasteiger partial charge < -0.3 is 9.84 Å². The molecule has 1 aliphatic heterocycles. The maximum Gasteiger partial charge on any atom is 0.0931 e. The molecule has 4 fully saturated rings. The van der Waals surface area contributed by atoms with Crippen LogP contribution in [0.5, 0.6) is 0 Å². The molecule has 0 aromatic rings. The van der Waals surface area contributed by atoms with Gasteiger partial charge in [0.15, 0.2) is 0 Å². The minimum Gasteiger partial charge on any atom is -0.396 e. The Morgan fingerprint density at radius 3 is 2.95 bits per heavy atom. The lowest BCUT2D eigenvalue weighted by molar-refractivity contribution is -0.0734. The summed E-state index contributed by atoms with van der Waals surface area (Å²) in [4.78, 5) is 0. The van der Waals surface area contributed by atoms with Gasteiger partial charge in [0.1, 0.15) is 0 Å². The Morgan fingerprint density at radius 1 is 1.18 bits per heavy atom. The number of aliphatic hydroxyl groups is 1. The smallest absolute Gasteiger partial charge is 0.0931 e. The first-order chi connectivity index (χ1) is 10.7. The number of ether oxygens (including phenoxy) is 1. The molecule has 2 bridgehead atoms. The van der Waals surface area contributed by atoms with Crippen LogP contribution in [0, 0.1) is 28.6 Å². The van der Waals surface area contributed by atoms with Gasteiger partial charge in [0.2, 0.25) is 0 Å². The molecule has 22 heavy (non-hydrogen) atoms. The summed E-state index contributed by atoms with van der Waals surface area (Å²) in [6.45, 7) is 3.78. The van der Waals surface area contributed by atoms with Gasteiger partial charge in [-0.15, -0.1) is 0 Å². The summed E-state index contributed by atoms with van der Waals surface area (Å²) < 4.78 is 6.75. The highest BCUT2D eigenvalue weighted by atomic mass is 16.5. The van der Waals surface area contributed by atoms with Crippen molar-refractivity contribution in [3.05, 3.63) is 11.6 Å². The van der Waals surface area contributed by atoms with Crippen molar-refractivity contribution in [3.63, 3.8) is 0 Å². The van der Waals surface area contributed by atoms with Crippen molar-refractivity contribution in [2.45, 2.75) is 70.3 Å². The van der Waals surface area contributed by atoms with Crippen LogP contribution in [0.3, 0.4) is 0 Å². The number of hydrogen-bond acceptors (Lipinski definition) is 2. The standard InChI is InChI=1S/C20H30O2/c1-18-10-8-17-19-9-3-2-4-14(19)7-11-20(17,22-13-19)16(18)6-5-15(18)12-21/h6,14-15,17,21H,2-5,7-13H2,1H3/t14-,15-,17-,18-,19-,20-/m1/s1. The quantitative estimate of drug-likeness (QED) is 0.740. The molecule has 1 spiro atoms. The fourth-order valence-corrected chi connectivity index (χ4v) is 7.59. The predicted octanol–water partition coefficient (Wildman–Crippen LogP) is 4.08. The van der Waals surface area contributed by atoms with Crippen LogP contribution in [0.15, 0.2) is 11.6 Å². The van der Waals surface area contributed by atoms with E-state index in [9.17, 15) is 5.11 Å². The molecule has 0 amide bonds. The van der Waals surface area contributed by atoms with Crippen LogP contribution >= 0.6 is 0 Å². The van der Waals surface area contributed by atoms with E-state index < -0.39 is 0 Å². The van der Waals surface area contributed by atoms with Crippen LogP contribution in [-0.2, 0) is 4.74 Å². The summed E-state index contributed by atoms with van der Waals surface area (Å²) in [7, 11) is 0. The largest absolute Gasteiger partial charge is 0.396 e. The summed E-state index contributed by atoms with van der Waals surface area (Å²) >= 11 is 0. The third kappa shape index (κ3) is 1.41. The van der Waals surface area contributed by atoms with Crippen LogP contribution in [0.1, 0.15) is 64.7 Å². The van der Waals surface area contributed by atoms with E-state index in [1.165, 1.54) is 51.4 Å². The minimum atomic E-state index is 0.0603. The van der Waals surface area contributed by atoms with E-state index in [2.05, 4.69) is 13.0 Å². The number of aliphatic hydroxyl groups excluding tert-OH is 1. The van der Waals surface area contributed by atoms with Crippen molar-refractivity contribution in [3.8, 4) is 0 Å². The Bertz CT molecular complexity index is 522. The number of allylic oxidation sites excluding steroid dienone is 1. The lowest BCUT2D eigenvalue weighted by Gasteiger charge is -2.58. The highest BCUT2D eigenvalue weighted by Crippen LogP contribution is 2.71. The van der Waals surface area contributed by atoms with E-state index >= 15 is 0 Å². The van der Waals surface area contributed by atoms with Crippen molar-refractivity contribution >= 4 is 0 Å². The molecule has 5 rings (SSSR count). The molecule has 5 aliphatic rings. The van der Waals surface area contributed by atoms with E-state index in [0.717, 1.165) is 24.9 Å². The van der Waals surface area contributed by atoms with Gasteiger partial charge in [-0.25, -0.2) is 0 Å². The number of hydrogen-bond donors (Lipinski definition) is 1. The summed E-state index contributed by atoms with van der Waals surface area (Å²) in [5.41, 5.74) is 2.38. The highest BCUT2D eigenvalue weighted by molar-refractivity contribution is 5.38. The van der Waals surface area contributed by atoms with Crippen LogP contribution < -0.4 is 0 Å². The van der Waals surface area contributed by atoms with Gasteiger partial charge in [0.05, 0.1) is 12.2 Å². The molecule has 1 saturated heterocycles. The molecular formula is C20H30O2. The molecule has 0 aromatic heterocycles.